The number of aliphatic hydroxyl groups is 1. The second-order valence-corrected chi connectivity index (χ2v) is 5.73. The molecule has 0 bridgehead atoms. The molecule has 0 aromatic rings. The van der Waals surface area contributed by atoms with Crippen molar-refractivity contribution in [1.82, 2.24) is 5.32 Å². The maximum Gasteiger partial charge on any atom is 0.0897 e. The van der Waals surface area contributed by atoms with Crippen LogP contribution in [0.25, 0.3) is 0 Å². The highest BCUT2D eigenvalue weighted by atomic mass is 16.5. The molecule has 0 heterocycles. The molecule has 0 saturated heterocycles. The van der Waals surface area contributed by atoms with E-state index in [1.807, 2.05) is 0 Å². The highest BCUT2D eigenvalue weighted by Crippen LogP contribution is 2.03. The van der Waals surface area contributed by atoms with Gasteiger partial charge in [-0.15, -0.1) is 0 Å². The van der Waals surface area contributed by atoms with Crippen molar-refractivity contribution in [3.8, 4) is 0 Å². The molecule has 0 saturated carbocycles. The van der Waals surface area contributed by atoms with E-state index in [0.717, 1.165) is 19.4 Å². The molecule has 0 radical (unpaired) electrons. The van der Waals surface area contributed by atoms with Gasteiger partial charge in [-0.25, -0.2) is 0 Å². The first-order chi connectivity index (χ1) is 8.56. The monoisotopic (exact) mass is 259 g/mol. The largest absolute Gasteiger partial charge is 0.389 e. The molecule has 0 fully saturated rings. The molecule has 110 valence electrons. The minimum atomic E-state index is -0.384. The Morgan fingerprint density at radius 3 is 2.44 bits per heavy atom. The third-order valence-electron chi connectivity index (χ3n) is 2.98. The Hall–Kier alpha value is -0.120. The number of aliphatic hydroxyl groups excluding tert-OH is 1. The summed E-state index contributed by atoms with van der Waals surface area (Å²) in [7, 11) is 0. The second-order valence-electron chi connectivity index (χ2n) is 5.73. The van der Waals surface area contributed by atoms with Gasteiger partial charge in [0, 0.05) is 19.2 Å². The summed E-state index contributed by atoms with van der Waals surface area (Å²) < 4.78 is 5.47. The Bertz CT molecular complexity index is 174. The fraction of sp³-hybridized carbons (Fsp3) is 1.00. The van der Waals surface area contributed by atoms with Crippen LogP contribution in [0.5, 0.6) is 0 Å². The standard InChI is InChI=1S/C15H33NO2/c1-5-6-7-8-9-18-12-15(17)11-16-14(4)10-13(2)3/h13-17H,5-12H2,1-4H3. The number of unbranched alkanes of at least 4 members (excludes halogenated alkanes) is 3. The van der Waals surface area contributed by atoms with Crippen molar-refractivity contribution >= 4 is 0 Å². The fourth-order valence-corrected chi connectivity index (χ4v) is 2.04. The minimum absolute atomic E-state index is 0.384. The fourth-order valence-electron chi connectivity index (χ4n) is 2.04. The van der Waals surface area contributed by atoms with E-state index in [1.165, 1.54) is 19.3 Å². The van der Waals surface area contributed by atoms with Crippen molar-refractivity contribution in [2.75, 3.05) is 19.8 Å². The Labute approximate surface area is 113 Å². The molecule has 18 heavy (non-hydrogen) atoms. The van der Waals surface area contributed by atoms with Crippen LogP contribution < -0.4 is 5.32 Å². The van der Waals surface area contributed by atoms with Crippen LogP contribution in [0.3, 0.4) is 0 Å². The van der Waals surface area contributed by atoms with Crippen LogP contribution in [0.2, 0.25) is 0 Å². The van der Waals surface area contributed by atoms with E-state index in [1.54, 1.807) is 0 Å². The van der Waals surface area contributed by atoms with Crippen molar-refractivity contribution < 1.29 is 9.84 Å². The zero-order valence-corrected chi connectivity index (χ0v) is 12.7. The minimum Gasteiger partial charge on any atom is -0.389 e. The third-order valence-corrected chi connectivity index (χ3v) is 2.98. The molecular formula is C15H33NO2. The van der Waals surface area contributed by atoms with Gasteiger partial charge in [0.1, 0.15) is 0 Å². The highest BCUT2D eigenvalue weighted by molar-refractivity contribution is 4.66. The average molecular weight is 259 g/mol. The van der Waals surface area contributed by atoms with Crippen molar-refractivity contribution in [3.05, 3.63) is 0 Å². The quantitative estimate of drug-likeness (QED) is 0.529. The highest BCUT2D eigenvalue weighted by Gasteiger charge is 2.08. The Morgan fingerprint density at radius 2 is 1.83 bits per heavy atom. The van der Waals surface area contributed by atoms with Crippen LogP contribution in [0.15, 0.2) is 0 Å². The van der Waals surface area contributed by atoms with Gasteiger partial charge < -0.3 is 15.2 Å². The Kier molecular flexibility index (Phi) is 11.9. The van der Waals surface area contributed by atoms with Gasteiger partial charge in [0.15, 0.2) is 0 Å². The lowest BCUT2D eigenvalue weighted by Crippen LogP contribution is -2.36. The normalized spacial score (nSPS) is 15.0. The van der Waals surface area contributed by atoms with Gasteiger partial charge in [0.25, 0.3) is 0 Å². The maximum atomic E-state index is 9.75. The molecule has 0 aliphatic carbocycles. The van der Waals surface area contributed by atoms with Gasteiger partial charge in [-0.3, -0.25) is 0 Å². The summed E-state index contributed by atoms with van der Waals surface area (Å²) in [5, 5.41) is 13.1. The second kappa shape index (κ2) is 11.9. The van der Waals surface area contributed by atoms with Crippen LogP contribution in [-0.4, -0.2) is 37.0 Å². The van der Waals surface area contributed by atoms with Gasteiger partial charge >= 0.3 is 0 Å². The Balaban J connectivity index is 3.34. The molecule has 0 rings (SSSR count). The lowest BCUT2D eigenvalue weighted by Gasteiger charge is -2.18. The van der Waals surface area contributed by atoms with E-state index in [2.05, 4.69) is 33.0 Å². The predicted octanol–water partition coefficient (Wildman–Crippen LogP) is 2.97. The zero-order chi connectivity index (χ0) is 13.8. The summed E-state index contributed by atoms with van der Waals surface area (Å²) in [6, 6.07) is 0.462. The van der Waals surface area contributed by atoms with Crippen LogP contribution >= 0.6 is 0 Å². The molecule has 0 amide bonds. The number of nitrogens with one attached hydrogen (secondary N) is 1. The number of rotatable bonds is 12. The van der Waals surface area contributed by atoms with E-state index in [0.29, 0.717) is 25.1 Å². The summed E-state index contributed by atoms with van der Waals surface area (Å²) in [6.07, 6.45) is 5.63. The van der Waals surface area contributed by atoms with Gasteiger partial charge in [-0.2, -0.15) is 0 Å². The zero-order valence-electron chi connectivity index (χ0n) is 12.7. The SMILES string of the molecule is CCCCCCOCC(O)CNC(C)CC(C)C. The average Bonchev–Trinajstić information content (AvgIpc) is 2.30. The van der Waals surface area contributed by atoms with Gasteiger partial charge in [-0.05, 0) is 25.7 Å². The first-order valence-corrected chi connectivity index (χ1v) is 7.55. The van der Waals surface area contributed by atoms with Crippen LogP contribution in [0.4, 0.5) is 0 Å². The Morgan fingerprint density at radius 1 is 1.11 bits per heavy atom. The first kappa shape index (κ1) is 17.9. The van der Waals surface area contributed by atoms with E-state index in [-0.39, 0.29) is 6.10 Å². The van der Waals surface area contributed by atoms with Crippen LogP contribution in [-0.2, 0) is 4.74 Å². The smallest absolute Gasteiger partial charge is 0.0897 e. The van der Waals surface area contributed by atoms with E-state index in [4.69, 9.17) is 4.74 Å². The van der Waals surface area contributed by atoms with Gasteiger partial charge in [-0.1, -0.05) is 40.0 Å². The third kappa shape index (κ3) is 12.3. The molecular weight excluding hydrogens is 226 g/mol. The van der Waals surface area contributed by atoms with E-state index >= 15 is 0 Å². The predicted molar refractivity (Wildman–Crippen MR) is 77.9 cm³/mol. The van der Waals surface area contributed by atoms with Crippen molar-refractivity contribution in [2.45, 2.75) is 71.9 Å². The number of hydrogen-bond donors (Lipinski definition) is 2. The molecule has 2 unspecified atom stereocenters. The molecule has 2 N–H and O–H groups in total. The molecule has 2 atom stereocenters. The van der Waals surface area contributed by atoms with Crippen LogP contribution in [0.1, 0.15) is 59.8 Å². The topological polar surface area (TPSA) is 41.5 Å². The molecule has 0 aromatic heterocycles. The molecule has 0 aliphatic rings. The van der Waals surface area contributed by atoms with E-state index < -0.39 is 0 Å². The molecule has 0 aliphatic heterocycles. The number of ether oxygens (including phenoxy) is 1. The lowest BCUT2D eigenvalue weighted by atomic mass is 10.1. The summed E-state index contributed by atoms with van der Waals surface area (Å²) in [5.74, 6) is 0.694. The first-order valence-electron chi connectivity index (χ1n) is 7.55. The summed E-state index contributed by atoms with van der Waals surface area (Å²) in [4.78, 5) is 0. The molecule has 0 aromatic carbocycles. The van der Waals surface area contributed by atoms with Crippen molar-refractivity contribution in [1.29, 1.82) is 0 Å². The maximum absolute atomic E-state index is 9.75. The van der Waals surface area contributed by atoms with E-state index in [9.17, 15) is 5.11 Å². The summed E-state index contributed by atoms with van der Waals surface area (Å²) >= 11 is 0. The molecule has 0 spiro atoms. The number of hydrogen-bond acceptors (Lipinski definition) is 3. The van der Waals surface area contributed by atoms with Crippen molar-refractivity contribution in [3.63, 3.8) is 0 Å². The lowest BCUT2D eigenvalue weighted by molar-refractivity contribution is 0.0341. The van der Waals surface area contributed by atoms with Crippen LogP contribution in [0, 0.1) is 5.92 Å². The summed E-state index contributed by atoms with van der Waals surface area (Å²) in [6.45, 7) is 10.7. The van der Waals surface area contributed by atoms with Gasteiger partial charge in [0.05, 0.1) is 12.7 Å². The molecule has 3 nitrogen and oxygen atoms in total. The van der Waals surface area contributed by atoms with Crippen molar-refractivity contribution in [2.24, 2.45) is 5.92 Å². The summed E-state index contributed by atoms with van der Waals surface area (Å²) in [5.41, 5.74) is 0. The van der Waals surface area contributed by atoms with Gasteiger partial charge in [0.2, 0.25) is 0 Å². The molecule has 3 heteroatoms.